The number of benzene rings is 2. The van der Waals surface area contributed by atoms with E-state index in [0.29, 0.717) is 123 Å². The maximum Gasteiger partial charge on any atom is 0.411 e. The third-order valence-corrected chi connectivity index (χ3v) is 23.9. The topological polar surface area (TPSA) is 513 Å². The summed E-state index contributed by atoms with van der Waals surface area (Å²) in [6.45, 7) is 23.5. The molecule has 0 bridgehead atoms. The lowest BCUT2D eigenvalue weighted by molar-refractivity contribution is -0.149. The van der Waals surface area contributed by atoms with E-state index >= 15 is 19.2 Å². The molecule has 0 saturated carbocycles. The fourth-order valence-electron chi connectivity index (χ4n) is 16.0. The number of primary amides is 1. The number of rotatable bonds is 73. The van der Waals surface area contributed by atoms with E-state index in [-0.39, 0.29) is 125 Å². The van der Waals surface area contributed by atoms with Crippen LogP contribution in [0.3, 0.4) is 0 Å². The molecule has 2 aromatic rings. The molecule has 1 unspecified atom stereocenters. The number of carbonyl (C=O) groups excluding carboxylic acids is 11. The van der Waals surface area contributed by atoms with E-state index < -0.39 is 170 Å². The predicted molar refractivity (Wildman–Crippen MR) is 498 cm³/mol. The molecule has 4 rings (SSSR count). The van der Waals surface area contributed by atoms with Crippen molar-refractivity contribution in [2.24, 2.45) is 41.2 Å². The fourth-order valence-corrected chi connectivity index (χ4v) is 16.0. The summed E-state index contributed by atoms with van der Waals surface area (Å²) >= 11 is 0. The van der Waals surface area contributed by atoms with Gasteiger partial charge in [0.15, 0.2) is 0 Å². The number of amides is 11. The minimum atomic E-state index is -2.19. The van der Waals surface area contributed by atoms with Crippen LogP contribution in [0.1, 0.15) is 177 Å². The van der Waals surface area contributed by atoms with Crippen LogP contribution in [0.5, 0.6) is 0 Å². The minimum absolute atomic E-state index is 0.00356. The summed E-state index contributed by atoms with van der Waals surface area (Å²) in [7, 11) is 5.79. The molecule has 2 heterocycles. The Bertz CT molecular complexity index is 3760. The van der Waals surface area contributed by atoms with E-state index in [9.17, 15) is 64.2 Å². The molecule has 762 valence electrons. The molecular formula is C95H159N11O28. The Hall–Kier alpha value is -8.33. The van der Waals surface area contributed by atoms with Gasteiger partial charge in [-0.05, 0) is 98.8 Å². The monoisotopic (exact) mass is 1900 g/mol. The Morgan fingerprint density at radius 2 is 1.10 bits per heavy atom. The first-order chi connectivity index (χ1) is 64.0. The van der Waals surface area contributed by atoms with E-state index in [0.717, 1.165) is 22.6 Å². The number of carbonyl (C=O) groups is 11. The van der Waals surface area contributed by atoms with Crippen molar-refractivity contribution in [1.82, 2.24) is 45.8 Å². The molecule has 1 fully saturated rings. The van der Waals surface area contributed by atoms with E-state index in [2.05, 4.69) is 26.6 Å². The molecule has 0 aliphatic carbocycles. The summed E-state index contributed by atoms with van der Waals surface area (Å²) in [5.41, 5.74) is 6.08. The molecule has 2 aliphatic heterocycles. The zero-order chi connectivity index (χ0) is 99.4. The van der Waals surface area contributed by atoms with Crippen LogP contribution in [-0.4, -0.2) is 373 Å². The molecule has 0 radical (unpaired) electrons. The van der Waals surface area contributed by atoms with Crippen LogP contribution in [0.25, 0.3) is 0 Å². The van der Waals surface area contributed by atoms with Gasteiger partial charge in [-0.3, -0.25) is 53.0 Å². The summed E-state index contributed by atoms with van der Waals surface area (Å²) in [5, 5.41) is 79.2. The molecule has 134 heavy (non-hydrogen) atoms. The number of likely N-dealkylation sites (tertiary alicyclic amines) is 1. The third kappa shape index (κ3) is 41.1. The van der Waals surface area contributed by atoms with Gasteiger partial charge >= 0.3 is 12.1 Å². The highest BCUT2D eigenvalue weighted by atomic mass is 16.6. The van der Waals surface area contributed by atoms with Crippen molar-refractivity contribution in [3.05, 3.63) is 77.9 Å². The minimum Gasteiger partial charge on any atom is -0.431 e. The maximum absolute atomic E-state index is 15.6. The summed E-state index contributed by atoms with van der Waals surface area (Å²) in [6.07, 6.45) is -6.21. The predicted octanol–water partition coefficient (Wildman–Crippen LogP) is 3.99. The van der Waals surface area contributed by atoms with Gasteiger partial charge in [0.25, 0.3) is 17.7 Å². The Morgan fingerprint density at radius 1 is 0.560 bits per heavy atom. The second-order valence-electron chi connectivity index (χ2n) is 35.2. The zero-order valence-corrected chi connectivity index (χ0v) is 81.6. The first kappa shape index (κ1) is 118. The molecule has 0 spiro atoms. The first-order valence-corrected chi connectivity index (χ1v) is 47.4. The highest BCUT2D eigenvalue weighted by Crippen LogP contribution is 2.34. The zero-order valence-electron chi connectivity index (χ0n) is 81.6. The maximum atomic E-state index is 15.6. The summed E-state index contributed by atoms with van der Waals surface area (Å²) in [5.74, 6) is -7.74. The molecule has 39 heteroatoms. The van der Waals surface area contributed by atoms with Crippen LogP contribution in [0.4, 0.5) is 15.3 Å². The molecule has 2 aromatic carbocycles. The molecule has 2 aliphatic rings. The van der Waals surface area contributed by atoms with Crippen molar-refractivity contribution in [3.63, 3.8) is 0 Å². The van der Waals surface area contributed by atoms with Crippen molar-refractivity contribution < 1.29 is 135 Å². The van der Waals surface area contributed by atoms with Crippen LogP contribution in [-0.2, 0) is 95.3 Å². The van der Waals surface area contributed by atoms with Crippen LogP contribution >= 0.6 is 0 Å². The Balaban J connectivity index is 1.62. The Kier molecular flexibility index (Phi) is 57.6. The van der Waals surface area contributed by atoms with Gasteiger partial charge in [-0.15, -0.1) is 0 Å². The number of imide groups is 1. The van der Waals surface area contributed by atoms with Gasteiger partial charge in [0.05, 0.1) is 149 Å². The van der Waals surface area contributed by atoms with E-state index in [1.807, 2.05) is 71.9 Å². The number of ether oxygens (including phenoxy) is 11. The normalized spacial score (nSPS) is 17.1. The number of likely N-dealkylation sites (N-methyl/N-ethyl adjacent to an activating group) is 2. The number of hydrogen-bond donors (Lipinski definition) is 12. The van der Waals surface area contributed by atoms with Gasteiger partial charge in [0, 0.05) is 103 Å². The van der Waals surface area contributed by atoms with Crippen molar-refractivity contribution >= 4 is 70.9 Å². The quantitative estimate of drug-likeness (QED) is 0.0329. The molecule has 17 atom stereocenters. The molecule has 11 amide bonds. The van der Waals surface area contributed by atoms with Gasteiger partial charge < -0.3 is 130 Å². The molecule has 13 N–H and O–H groups in total. The number of nitrogens with zero attached hydrogens (tertiary/aromatic N) is 5. The second-order valence-corrected chi connectivity index (χ2v) is 35.2. The number of anilines is 1. The lowest BCUT2D eigenvalue weighted by Crippen LogP contribution is -2.60. The summed E-state index contributed by atoms with van der Waals surface area (Å²) in [6, 6.07) is 7.76. The van der Waals surface area contributed by atoms with Crippen LogP contribution in [0, 0.1) is 35.5 Å². The lowest BCUT2D eigenvalue weighted by atomic mass is 9.85. The third-order valence-electron chi connectivity index (χ3n) is 23.9. The number of aliphatic hydroxyl groups is 6. The molecule has 0 aromatic heterocycles. The number of unbranched alkanes of at least 4 members (excludes halogenated alkanes) is 3. The lowest BCUT2D eigenvalue weighted by Gasteiger charge is -2.41. The highest BCUT2D eigenvalue weighted by molar-refractivity contribution is 6.12. The Labute approximate surface area is 791 Å². The van der Waals surface area contributed by atoms with Gasteiger partial charge in [-0.2, -0.15) is 0 Å². The molecule has 39 nitrogen and oxygen atoms in total. The van der Waals surface area contributed by atoms with Crippen molar-refractivity contribution in [3.8, 4) is 0 Å². The number of ketones is 1. The smallest absolute Gasteiger partial charge is 0.411 e. The van der Waals surface area contributed by atoms with Crippen molar-refractivity contribution in [2.45, 2.75) is 238 Å². The van der Waals surface area contributed by atoms with Crippen molar-refractivity contribution in [2.75, 3.05) is 185 Å². The van der Waals surface area contributed by atoms with Gasteiger partial charge in [0.1, 0.15) is 48.3 Å². The number of nitrogens with one attached hydrogen (secondary N) is 5. The van der Waals surface area contributed by atoms with Gasteiger partial charge in [-0.1, -0.05) is 138 Å². The standard InChI is InChI=1S/C95H159N11O28/c1-16-42-126-44-46-128-48-50-130-52-54-132-56-57-133-55-53-131-51-49-129-47-45-127-43-41-104(60-74(109)85(115)86(116)75(110)61-107)93(121)88(69-31-33-70(34-32-69)99-89(117)71(29-25-38-98-94(96)122)100-90(118)80(62(3)4)97-37-23-18-19-24-39-106-77(111)35-36-78(106)112)134-95(123)103(13)82(64(7)8)91(119)101-81(63(5)6)92(120)102(12)83(65(9)17-2)76(124-14)59-79(113)105-40-26-30-72(105)87(125-15)67(11)73(108)58-66(10)84(114)68-27-21-20-22-28-68/h20-22,27-28,31-36,62-67,71-72,74-76,80-88,97,107,109-110,114-116H,16-19,23-26,29-30,37-61H2,1-15H3,(H,99,117)(H,100,118)(H,101,119)(H3,96,98,122)/t65-,66-,67-,71-,72-,74-,75+,76+,80-,81-,82-,83-,84+,85+,86+,87+,88?/m0/s1. The number of urea groups is 1. The highest BCUT2D eigenvalue weighted by Gasteiger charge is 2.46. The number of hydrogen-bond acceptors (Lipinski definition) is 29. The van der Waals surface area contributed by atoms with Crippen LogP contribution in [0.15, 0.2) is 66.7 Å². The molecule has 1 saturated heterocycles. The average molecular weight is 1900 g/mol. The van der Waals surface area contributed by atoms with Crippen LogP contribution in [0.2, 0.25) is 0 Å². The first-order valence-electron chi connectivity index (χ1n) is 47.4. The molecular weight excluding hydrogens is 1740 g/mol. The number of nitrogens with two attached hydrogens (primary N) is 1. The fraction of sp³-hybridized carbons (Fsp3) is 0.737. The summed E-state index contributed by atoms with van der Waals surface area (Å²) in [4.78, 5) is 161. The SMILES string of the molecule is CCCOCCOCCOCCOCCOCCOCCOCCOCCN(C[C@H](O)[C@@H](O)[C@H](O)[C@H](O)CO)C(=O)C(OC(=O)N(C)[C@H](C(=O)N[C@H](C(=O)N(C)[C@@H]([C@@H](C)CC)[C@@H](CC(=O)N1CCC[C@H]1[C@H](OC)[C@@H](C)C(=O)C[C@H](C)[C@@H](O)c1ccccc1)OC)C(C)C)C(C)C)c1ccc(NC(=O)[C@H](CCCNC(N)=O)NC(=O)[C@@H](NCCCCCCN2C(=O)C=CC2=O)C(C)C)cc1. The summed E-state index contributed by atoms with van der Waals surface area (Å²) < 4.78 is 63.2. The van der Waals surface area contributed by atoms with E-state index in [4.69, 9.17) is 57.8 Å². The number of aliphatic hydroxyl groups excluding tert-OH is 6. The number of methoxy groups -OCH3 is 2. The largest absolute Gasteiger partial charge is 0.431 e. The second kappa shape index (κ2) is 65.5. The van der Waals surface area contributed by atoms with E-state index in [1.54, 1.807) is 46.6 Å². The number of Topliss-reactive ketones (excluding diaryl/α,β-unsaturated/α-hetero) is 1. The van der Waals surface area contributed by atoms with Gasteiger partial charge in [0.2, 0.25) is 35.6 Å². The van der Waals surface area contributed by atoms with Crippen LogP contribution < -0.4 is 32.3 Å². The Morgan fingerprint density at radius 3 is 1.60 bits per heavy atom. The van der Waals surface area contributed by atoms with E-state index in [1.165, 1.54) is 67.5 Å². The van der Waals surface area contributed by atoms with Gasteiger partial charge in [-0.25, -0.2) is 9.59 Å². The average Bonchev–Trinajstić information content (AvgIpc) is 1.26. The van der Waals surface area contributed by atoms with Crippen molar-refractivity contribution in [1.29, 1.82) is 0 Å².